The first-order valence-electron chi connectivity index (χ1n) is 6.38. The van der Waals surface area contributed by atoms with E-state index >= 15 is 0 Å². The number of hydrogen-bond donors (Lipinski definition) is 1. The lowest BCUT2D eigenvalue weighted by Gasteiger charge is -2.16. The topological polar surface area (TPSA) is 94.5 Å². The first-order valence-corrected chi connectivity index (χ1v) is 6.38. The van der Waals surface area contributed by atoms with E-state index in [1.807, 2.05) is 19.0 Å². The van der Waals surface area contributed by atoms with Crippen molar-refractivity contribution in [3.63, 3.8) is 0 Å². The molecule has 2 N–H and O–H groups in total. The van der Waals surface area contributed by atoms with E-state index in [-0.39, 0.29) is 17.3 Å². The fourth-order valence-corrected chi connectivity index (χ4v) is 1.87. The number of nitrogen functional groups attached to an aromatic ring is 1. The van der Waals surface area contributed by atoms with Crippen LogP contribution in [0, 0.1) is 15.9 Å². The zero-order chi connectivity index (χ0) is 16.3. The predicted molar refractivity (Wildman–Crippen MR) is 79.2 cm³/mol. The SMILES string of the molecule is CN(C)Cc1c(Oc2ccc([N+](=O)[O-])cc2F)ccnc1N. The Morgan fingerprint density at radius 3 is 2.68 bits per heavy atom. The molecule has 0 amide bonds. The number of halogens is 1. The van der Waals surface area contributed by atoms with Crippen molar-refractivity contribution in [1.82, 2.24) is 9.88 Å². The van der Waals surface area contributed by atoms with Gasteiger partial charge in [-0.3, -0.25) is 10.1 Å². The van der Waals surface area contributed by atoms with Crippen molar-refractivity contribution in [1.29, 1.82) is 0 Å². The molecule has 0 radical (unpaired) electrons. The molecule has 2 aromatic rings. The molecule has 2 rings (SSSR count). The van der Waals surface area contributed by atoms with E-state index in [0.717, 1.165) is 6.07 Å². The summed E-state index contributed by atoms with van der Waals surface area (Å²) >= 11 is 0. The highest BCUT2D eigenvalue weighted by atomic mass is 19.1. The molecule has 0 spiro atoms. The van der Waals surface area contributed by atoms with Crippen molar-refractivity contribution >= 4 is 11.5 Å². The van der Waals surface area contributed by atoms with Gasteiger partial charge in [-0.1, -0.05) is 0 Å². The van der Waals surface area contributed by atoms with Gasteiger partial charge in [-0.05, 0) is 26.2 Å². The maximum atomic E-state index is 13.9. The first-order chi connectivity index (χ1) is 10.4. The Morgan fingerprint density at radius 2 is 2.09 bits per heavy atom. The molecule has 116 valence electrons. The number of benzene rings is 1. The Kier molecular flexibility index (Phi) is 4.52. The van der Waals surface area contributed by atoms with Gasteiger partial charge in [0.15, 0.2) is 11.6 Å². The maximum Gasteiger partial charge on any atom is 0.272 e. The third-order valence-corrected chi connectivity index (χ3v) is 2.87. The second-order valence-corrected chi connectivity index (χ2v) is 4.88. The minimum atomic E-state index is -0.819. The summed E-state index contributed by atoms with van der Waals surface area (Å²) in [6.45, 7) is 0.462. The lowest BCUT2D eigenvalue weighted by molar-refractivity contribution is -0.385. The quantitative estimate of drug-likeness (QED) is 0.674. The van der Waals surface area contributed by atoms with E-state index in [1.165, 1.54) is 18.3 Å². The zero-order valence-electron chi connectivity index (χ0n) is 12.1. The van der Waals surface area contributed by atoms with E-state index in [1.54, 1.807) is 6.07 Å². The van der Waals surface area contributed by atoms with Crippen molar-refractivity contribution < 1.29 is 14.1 Å². The van der Waals surface area contributed by atoms with Gasteiger partial charge in [0, 0.05) is 18.8 Å². The van der Waals surface area contributed by atoms with Crippen LogP contribution in [0.1, 0.15) is 5.56 Å². The normalized spacial score (nSPS) is 10.7. The van der Waals surface area contributed by atoms with E-state index in [0.29, 0.717) is 17.9 Å². The Labute approximate surface area is 126 Å². The van der Waals surface area contributed by atoms with Gasteiger partial charge in [0.25, 0.3) is 5.69 Å². The molecule has 0 unspecified atom stereocenters. The third kappa shape index (κ3) is 3.47. The molecule has 0 saturated heterocycles. The fourth-order valence-electron chi connectivity index (χ4n) is 1.87. The number of nitro groups is 1. The van der Waals surface area contributed by atoms with Crippen LogP contribution in [0.2, 0.25) is 0 Å². The van der Waals surface area contributed by atoms with Gasteiger partial charge in [0.05, 0.1) is 16.6 Å². The third-order valence-electron chi connectivity index (χ3n) is 2.87. The molecule has 0 bridgehead atoms. The Hall–Kier alpha value is -2.74. The molecular weight excluding hydrogens is 291 g/mol. The molecule has 0 fully saturated rings. The standard InChI is InChI=1S/C14H15FN4O3/c1-18(2)8-10-12(5-6-17-14(10)16)22-13-4-3-9(19(20)21)7-11(13)15/h3-7H,8H2,1-2H3,(H2,16,17). The molecule has 0 aliphatic heterocycles. The highest BCUT2D eigenvalue weighted by Crippen LogP contribution is 2.31. The summed E-state index contributed by atoms with van der Waals surface area (Å²) in [5, 5.41) is 10.6. The largest absolute Gasteiger partial charge is 0.454 e. The predicted octanol–water partition coefficient (Wildman–Crippen LogP) is 2.56. The van der Waals surface area contributed by atoms with Crippen LogP contribution in [0.3, 0.4) is 0 Å². The summed E-state index contributed by atoms with van der Waals surface area (Å²) in [6.07, 6.45) is 1.45. The summed E-state index contributed by atoms with van der Waals surface area (Å²) in [5.41, 5.74) is 6.10. The number of rotatable bonds is 5. The highest BCUT2D eigenvalue weighted by molar-refractivity contribution is 5.50. The number of non-ortho nitro benzene ring substituents is 1. The minimum Gasteiger partial charge on any atom is -0.454 e. The van der Waals surface area contributed by atoms with Crippen LogP contribution in [-0.4, -0.2) is 28.9 Å². The number of hydrogen-bond acceptors (Lipinski definition) is 6. The van der Waals surface area contributed by atoms with E-state index < -0.39 is 10.7 Å². The molecule has 0 atom stereocenters. The molecule has 0 aliphatic carbocycles. The second-order valence-electron chi connectivity index (χ2n) is 4.88. The molecule has 7 nitrogen and oxygen atoms in total. The molecule has 1 aromatic heterocycles. The van der Waals surface area contributed by atoms with Crippen molar-refractivity contribution in [2.75, 3.05) is 19.8 Å². The number of nitro benzene ring substituents is 1. The van der Waals surface area contributed by atoms with Crippen LogP contribution >= 0.6 is 0 Å². The molecule has 1 aromatic carbocycles. The van der Waals surface area contributed by atoms with Crippen LogP contribution in [0.4, 0.5) is 15.9 Å². The first kappa shape index (κ1) is 15.6. The van der Waals surface area contributed by atoms with Gasteiger partial charge in [0.2, 0.25) is 0 Å². The number of aromatic nitrogens is 1. The Bertz CT molecular complexity index is 706. The van der Waals surface area contributed by atoms with Crippen molar-refractivity contribution in [2.45, 2.75) is 6.54 Å². The van der Waals surface area contributed by atoms with Crippen molar-refractivity contribution in [3.05, 3.63) is 52.0 Å². The van der Waals surface area contributed by atoms with Gasteiger partial charge >= 0.3 is 0 Å². The van der Waals surface area contributed by atoms with Crippen LogP contribution < -0.4 is 10.5 Å². The Morgan fingerprint density at radius 1 is 1.36 bits per heavy atom. The lowest BCUT2D eigenvalue weighted by atomic mass is 10.2. The van der Waals surface area contributed by atoms with Crippen molar-refractivity contribution in [3.8, 4) is 11.5 Å². The van der Waals surface area contributed by atoms with Gasteiger partial charge in [-0.25, -0.2) is 9.37 Å². The summed E-state index contributed by atoms with van der Waals surface area (Å²) in [4.78, 5) is 15.8. The number of anilines is 1. The van der Waals surface area contributed by atoms with Crippen LogP contribution in [0.15, 0.2) is 30.5 Å². The van der Waals surface area contributed by atoms with Gasteiger partial charge < -0.3 is 15.4 Å². The number of nitrogens with two attached hydrogens (primary N) is 1. The number of pyridine rings is 1. The summed E-state index contributed by atoms with van der Waals surface area (Å²) in [5.74, 6) is -0.293. The van der Waals surface area contributed by atoms with Crippen LogP contribution in [-0.2, 0) is 6.54 Å². The fraction of sp³-hybridized carbons (Fsp3) is 0.214. The molecule has 1 heterocycles. The van der Waals surface area contributed by atoms with Crippen LogP contribution in [0.25, 0.3) is 0 Å². The number of nitrogens with zero attached hydrogens (tertiary/aromatic N) is 3. The molecule has 0 aliphatic rings. The highest BCUT2D eigenvalue weighted by Gasteiger charge is 2.15. The molecule has 0 saturated carbocycles. The van der Waals surface area contributed by atoms with E-state index in [4.69, 9.17) is 10.5 Å². The molecule has 22 heavy (non-hydrogen) atoms. The van der Waals surface area contributed by atoms with Gasteiger partial charge in [-0.15, -0.1) is 0 Å². The molecule has 8 heteroatoms. The van der Waals surface area contributed by atoms with Gasteiger partial charge in [0.1, 0.15) is 11.6 Å². The minimum absolute atomic E-state index is 0.115. The number of ether oxygens (including phenoxy) is 1. The van der Waals surface area contributed by atoms with Crippen molar-refractivity contribution in [2.24, 2.45) is 0 Å². The summed E-state index contributed by atoms with van der Waals surface area (Å²) in [6, 6.07) is 4.76. The average Bonchev–Trinajstić information content (AvgIpc) is 2.44. The monoisotopic (exact) mass is 306 g/mol. The van der Waals surface area contributed by atoms with Crippen LogP contribution in [0.5, 0.6) is 11.5 Å². The van der Waals surface area contributed by atoms with E-state index in [2.05, 4.69) is 4.98 Å². The van der Waals surface area contributed by atoms with E-state index in [9.17, 15) is 14.5 Å². The summed E-state index contributed by atoms with van der Waals surface area (Å²) < 4.78 is 19.4. The average molecular weight is 306 g/mol. The molecular formula is C14H15FN4O3. The second kappa shape index (κ2) is 6.35. The van der Waals surface area contributed by atoms with Gasteiger partial charge in [-0.2, -0.15) is 0 Å². The smallest absolute Gasteiger partial charge is 0.272 e. The Balaban J connectivity index is 2.35. The summed E-state index contributed by atoms with van der Waals surface area (Å²) in [7, 11) is 3.70. The zero-order valence-corrected chi connectivity index (χ0v) is 12.1. The lowest BCUT2D eigenvalue weighted by Crippen LogP contribution is -2.14. The maximum absolute atomic E-state index is 13.9.